The second-order valence-electron chi connectivity index (χ2n) is 7.98. The van der Waals surface area contributed by atoms with E-state index in [9.17, 15) is 0 Å². The van der Waals surface area contributed by atoms with E-state index in [0.29, 0.717) is 11.1 Å². The summed E-state index contributed by atoms with van der Waals surface area (Å²) in [7, 11) is 0. The quantitative estimate of drug-likeness (QED) is 0.572. The molecular formula is C19H40N2. The predicted octanol–water partition coefficient (Wildman–Crippen LogP) is 4.98. The van der Waals surface area contributed by atoms with Crippen LogP contribution in [-0.2, 0) is 0 Å². The van der Waals surface area contributed by atoms with Crippen molar-refractivity contribution in [1.82, 2.24) is 10.2 Å². The van der Waals surface area contributed by atoms with Crippen LogP contribution in [0.15, 0.2) is 0 Å². The van der Waals surface area contributed by atoms with Crippen molar-refractivity contribution in [3.8, 4) is 0 Å². The minimum atomic E-state index is 0.315. The second kappa shape index (κ2) is 9.15. The maximum absolute atomic E-state index is 3.75. The van der Waals surface area contributed by atoms with E-state index in [0.717, 1.165) is 6.54 Å². The van der Waals surface area contributed by atoms with Crippen LogP contribution in [0.1, 0.15) is 92.4 Å². The minimum absolute atomic E-state index is 0.315. The zero-order chi connectivity index (χ0) is 15.8. The average molecular weight is 297 g/mol. The van der Waals surface area contributed by atoms with Gasteiger partial charge in [0, 0.05) is 24.2 Å². The van der Waals surface area contributed by atoms with Gasteiger partial charge in [0.25, 0.3) is 0 Å². The Labute approximate surface area is 134 Å². The number of hydrogen-bond acceptors (Lipinski definition) is 2. The Morgan fingerprint density at radius 2 is 1.43 bits per heavy atom. The Kier molecular flexibility index (Phi) is 8.26. The van der Waals surface area contributed by atoms with E-state index in [2.05, 4.69) is 44.8 Å². The minimum Gasteiger partial charge on any atom is -0.308 e. The fourth-order valence-corrected chi connectivity index (χ4v) is 3.29. The van der Waals surface area contributed by atoms with Crippen LogP contribution in [0.25, 0.3) is 0 Å². The topological polar surface area (TPSA) is 15.3 Å². The molecule has 0 spiro atoms. The van der Waals surface area contributed by atoms with Crippen molar-refractivity contribution in [2.75, 3.05) is 19.6 Å². The van der Waals surface area contributed by atoms with Crippen LogP contribution in [0.2, 0.25) is 0 Å². The fourth-order valence-electron chi connectivity index (χ4n) is 3.29. The zero-order valence-corrected chi connectivity index (χ0v) is 15.4. The Morgan fingerprint density at radius 3 is 2.00 bits per heavy atom. The first kappa shape index (κ1) is 19.0. The van der Waals surface area contributed by atoms with Crippen molar-refractivity contribution in [3.05, 3.63) is 0 Å². The molecule has 1 saturated heterocycles. The van der Waals surface area contributed by atoms with Crippen LogP contribution in [-0.4, -0.2) is 35.6 Å². The van der Waals surface area contributed by atoms with Crippen LogP contribution < -0.4 is 5.32 Å². The van der Waals surface area contributed by atoms with Crippen molar-refractivity contribution in [3.63, 3.8) is 0 Å². The van der Waals surface area contributed by atoms with Gasteiger partial charge in [0.15, 0.2) is 0 Å². The standard InChI is InChI=1S/C19H40N2/c1-6-8-9-10-11-12-13-14-15-21-17-19(5,7-2)20-16-18(21,3)4/h20H,6-17H2,1-5H3. The number of hydrogen-bond donors (Lipinski definition) is 1. The number of rotatable bonds is 10. The summed E-state index contributed by atoms with van der Waals surface area (Å²) in [6, 6.07) is 0. The fraction of sp³-hybridized carbons (Fsp3) is 1.00. The van der Waals surface area contributed by atoms with Gasteiger partial charge in [0.05, 0.1) is 0 Å². The molecular weight excluding hydrogens is 256 g/mol. The van der Waals surface area contributed by atoms with E-state index in [1.54, 1.807) is 0 Å². The predicted molar refractivity (Wildman–Crippen MR) is 95.0 cm³/mol. The third-order valence-corrected chi connectivity index (χ3v) is 5.41. The largest absolute Gasteiger partial charge is 0.308 e. The van der Waals surface area contributed by atoms with E-state index < -0.39 is 0 Å². The Bertz CT molecular complexity index is 275. The molecule has 126 valence electrons. The number of piperazine rings is 1. The van der Waals surface area contributed by atoms with Crippen LogP contribution in [0.4, 0.5) is 0 Å². The van der Waals surface area contributed by atoms with Crippen LogP contribution >= 0.6 is 0 Å². The lowest BCUT2D eigenvalue weighted by Crippen LogP contribution is -2.66. The maximum atomic E-state index is 3.75. The molecule has 1 rings (SSSR count). The molecule has 0 aromatic heterocycles. The van der Waals surface area contributed by atoms with Gasteiger partial charge in [-0.1, -0.05) is 58.8 Å². The third-order valence-electron chi connectivity index (χ3n) is 5.41. The highest BCUT2D eigenvalue weighted by atomic mass is 15.3. The van der Waals surface area contributed by atoms with Crippen LogP contribution in [0.3, 0.4) is 0 Å². The molecule has 1 heterocycles. The second-order valence-corrected chi connectivity index (χ2v) is 7.98. The summed E-state index contributed by atoms with van der Waals surface area (Å²) in [5.41, 5.74) is 0.630. The monoisotopic (exact) mass is 296 g/mol. The first-order chi connectivity index (χ1) is 9.93. The normalized spacial score (nSPS) is 26.1. The van der Waals surface area contributed by atoms with Gasteiger partial charge >= 0.3 is 0 Å². The molecule has 0 aliphatic carbocycles. The zero-order valence-electron chi connectivity index (χ0n) is 15.4. The van der Waals surface area contributed by atoms with Gasteiger partial charge in [0.1, 0.15) is 0 Å². The van der Waals surface area contributed by atoms with E-state index >= 15 is 0 Å². The summed E-state index contributed by atoms with van der Waals surface area (Å²) < 4.78 is 0. The van der Waals surface area contributed by atoms with Crippen LogP contribution in [0, 0.1) is 0 Å². The SMILES string of the molecule is CCCCCCCCCCN1CC(C)(CC)NCC1(C)C. The van der Waals surface area contributed by atoms with Crippen molar-refractivity contribution in [2.45, 2.75) is 103 Å². The van der Waals surface area contributed by atoms with Gasteiger partial charge in [-0.3, -0.25) is 4.90 Å². The Hall–Kier alpha value is -0.0800. The lowest BCUT2D eigenvalue weighted by atomic mass is 9.88. The van der Waals surface area contributed by atoms with E-state index in [4.69, 9.17) is 0 Å². The first-order valence-corrected chi connectivity index (χ1v) is 9.43. The van der Waals surface area contributed by atoms with Crippen LogP contribution in [0.5, 0.6) is 0 Å². The summed E-state index contributed by atoms with van der Waals surface area (Å²) in [5.74, 6) is 0. The van der Waals surface area contributed by atoms with E-state index in [1.165, 1.54) is 70.9 Å². The summed E-state index contributed by atoms with van der Waals surface area (Å²) in [6.07, 6.45) is 12.5. The molecule has 1 unspecified atom stereocenters. The number of nitrogens with one attached hydrogen (secondary N) is 1. The molecule has 1 N–H and O–H groups in total. The highest BCUT2D eigenvalue weighted by molar-refractivity contribution is 4.98. The molecule has 1 atom stereocenters. The third kappa shape index (κ3) is 6.69. The van der Waals surface area contributed by atoms with Gasteiger partial charge in [-0.05, 0) is 40.2 Å². The molecule has 2 nitrogen and oxygen atoms in total. The number of unbranched alkanes of at least 4 members (excludes halogenated alkanes) is 7. The van der Waals surface area contributed by atoms with Crippen molar-refractivity contribution in [1.29, 1.82) is 0 Å². The summed E-state index contributed by atoms with van der Waals surface area (Å²) in [6.45, 7) is 15.3. The van der Waals surface area contributed by atoms with Gasteiger partial charge in [-0.15, -0.1) is 0 Å². The molecule has 0 aromatic rings. The van der Waals surface area contributed by atoms with Gasteiger partial charge in [0.2, 0.25) is 0 Å². The molecule has 21 heavy (non-hydrogen) atoms. The molecule has 0 saturated carbocycles. The molecule has 0 aromatic carbocycles. The summed E-state index contributed by atoms with van der Waals surface area (Å²) in [4.78, 5) is 2.73. The van der Waals surface area contributed by atoms with Crippen molar-refractivity contribution < 1.29 is 0 Å². The molecule has 0 amide bonds. The molecule has 0 radical (unpaired) electrons. The molecule has 2 heteroatoms. The Morgan fingerprint density at radius 1 is 0.857 bits per heavy atom. The smallest absolute Gasteiger partial charge is 0.0278 e. The van der Waals surface area contributed by atoms with E-state index in [-0.39, 0.29) is 0 Å². The lowest BCUT2D eigenvalue weighted by Gasteiger charge is -2.51. The summed E-state index contributed by atoms with van der Waals surface area (Å²) in [5, 5.41) is 3.75. The van der Waals surface area contributed by atoms with E-state index in [1.807, 2.05) is 0 Å². The molecule has 0 bridgehead atoms. The molecule has 1 aliphatic heterocycles. The summed E-state index contributed by atoms with van der Waals surface area (Å²) >= 11 is 0. The molecule has 1 aliphatic rings. The number of nitrogens with zero attached hydrogens (tertiary/aromatic N) is 1. The highest BCUT2D eigenvalue weighted by Crippen LogP contribution is 2.26. The first-order valence-electron chi connectivity index (χ1n) is 9.43. The van der Waals surface area contributed by atoms with Gasteiger partial charge in [-0.2, -0.15) is 0 Å². The molecule has 1 fully saturated rings. The Balaban J connectivity index is 2.19. The lowest BCUT2D eigenvalue weighted by molar-refractivity contribution is 0.0300. The van der Waals surface area contributed by atoms with Gasteiger partial charge in [-0.25, -0.2) is 0 Å². The average Bonchev–Trinajstić information content (AvgIpc) is 2.46. The highest BCUT2D eigenvalue weighted by Gasteiger charge is 2.38. The maximum Gasteiger partial charge on any atom is 0.0278 e. The van der Waals surface area contributed by atoms with Crippen molar-refractivity contribution in [2.24, 2.45) is 0 Å². The van der Waals surface area contributed by atoms with Crippen molar-refractivity contribution >= 4 is 0 Å². The van der Waals surface area contributed by atoms with Gasteiger partial charge < -0.3 is 5.32 Å².